The van der Waals surface area contributed by atoms with Crippen LogP contribution < -0.4 is 5.32 Å². The Kier molecular flexibility index (Phi) is 3.20. The zero-order chi connectivity index (χ0) is 13.6. The Bertz CT molecular complexity index is 611. The fraction of sp³-hybridized carbons (Fsp3) is 0.500. The highest BCUT2D eigenvalue weighted by Crippen LogP contribution is 2.44. The van der Waals surface area contributed by atoms with Crippen molar-refractivity contribution in [2.24, 2.45) is 5.41 Å². The number of methoxy groups -OCH3 is 1. The summed E-state index contributed by atoms with van der Waals surface area (Å²) in [4.78, 5) is 4.60. The summed E-state index contributed by atoms with van der Waals surface area (Å²) in [6, 6.07) is 6.21. The molecule has 1 fully saturated rings. The summed E-state index contributed by atoms with van der Waals surface area (Å²) >= 11 is 7.65. The van der Waals surface area contributed by atoms with Crippen LogP contribution in [0.3, 0.4) is 0 Å². The molecule has 1 aliphatic rings. The average molecular weight is 297 g/mol. The topological polar surface area (TPSA) is 34.1 Å². The molecular formula is C14H17ClN2OS. The van der Waals surface area contributed by atoms with Gasteiger partial charge in [0.05, 0.1) is 16.3 Å². The maximum Gasteiger partial charge on any atom is 0.184 e. The number of hydrogen-bond donors (Lipinski definition) is 1. The van der Waals surface area contributed by atoms with Crippen molar-refractivity contribution in [2.45, 2.75) is 32.4 Å². The van der Waals surface area contributed by atoms with Crippen molar-refractivity contribution in [2.75, 3.05) is 12.4 Å². The molecule has 0 aliphatic heterocycles. The second-order valence-electron chi connectivity index (χ2n) is 5.61. The predicted molar refractivity (Wildman–Crippen MR) is 81.2 cm³/mol. The van der Waals surface area contributed by atoms with E-state index >= 15 is 0 Å². The molecule has 2 aromatic rings. The van der Waals surface area contributed by atoms with Gasteiger partial charge in [0, 0.05) is 23.6 Å². The minimum Gasteiger partial charge on any atom is -0.381 e. The third kappa shape index (κ3) is 2.22. The molecule has 1 saturated carbocycles. The summed E-state index contributed by atoms with van der Waals surface area (Å²) in [6.07, 6.45) is 1.36. The average Bonchev–Trinajstić information content (AvgIpc) is 2.75. The number of nitrogens with zero attached hydrogens (tertiary/aromatic N) is 1. The first-order chi connectivity index (χ1) is 9.00. The first kappa shape index (κ1) is 13.2. The number of ether oxygens (including phenoxy) is 1. The number of nitrogens with one attached hydrogen (secondary N) is 1. The minimum absolute atomic E-state index is 0.143. The van der Waals surface area contributed by atoms with Gasteiger partial charge in [0.2, 0.25) is 0 Å². The van der Waals surface area contributed by atoms with E-state index in [2.05, 4.69) is 24.1 Å². The van der Waals surface area contributed by atoms with Crippen molar-refractivity contribution in [3.63, 3.8) is 0 Å². The van der Waals surface area contributed by atoms with Crippen molar-refractivity contribution < 1.29 is 4.74 Å². The molecule has 3 rings (SSSR count). The minimum atomic E-state index is 0.143. The van der Waals surface area contributed by atoms with E-state index in [0.29, 0.717) is 12.1 Å². The lowest BCUT2D eigenvalue weighted by Gasteiger charge is -2.51. The molecule has 1 heterocycles. The number of fused-ring (bicyclic) bond motifs is 1. The van der Waals surface area contributed by atoms with E-state index in [9.17, 15) is 0 Å². The van der Waals surface area contributed by atoms with Crippen LogP contribution in [0, 0.1) is 5.41 Å². The number of aromatic nitrogens is 1. The van der Waals surface area contributed by atoms with E-state index in [1.54, 1.807) is 18.4 Å². The van der Waals surface area contributed by atoms with E-state index in [4.69, 9.17) is 16.3 Å². The van der Waals surface area contributed by atoms with Crippen LogP contribution in [0.1, 0.15) is 20.3 Å². The van der Waals surface area contributed by atoms with Crippen molar-refractivity contribution in [3.05, 3.63) is 23.2 Å². The van der Waals surface area contributed by atoms with Gasteiger partial charge < -0.3 is 10.1 Å². The van der Waals surface area contributed by atoms with Gasteiger partial charge in [-0.25, -0.2) is 4.98 Å². The molecule has 2 unspecified atom stereocenters. The lowest BCUT2D eigenvalue weighted by atomic mass is 9.64. The standard InChI is InChI=1S/C14H17ClN2OS/c1-14(2)11(7-12(14)18-3)17-13-16-9-5-4-8(15)6-10(9)19-13/h4-6,11-12H,7H2,1-3H3,(H,16,17). The van der Waals surface area contributed by atoms with E-state index in [-0.39, 0.29) is 5.41 Å². The number of anilines is 1. The predicted octanol–water partition coefficient (Wildman–Crippen LogP) is 4.18. The van der Waals surface area contributed by atoms with Crippen molar-refractivity contribution in [1.29, 1.82) is 0 Å². The molecule has 102 valence electrons. The molecule has 1 aliphatic carbocycles. The maximum atomic E-state index is 6.00. The van der Waals surface area contributed by atoms with Crippen LogP contribution in [0.5, 0.6) is 0 Å². The lowest BCUT2D eigenvalue weighted by Crippen LogP contribution is -2.57. The van der Waals surface area contributed by atoms with Crippen LogP contribution >= 0.6 is 22.9 Å². The Morgan fingerprint density at radius 2 is 2.26 bits per heavy atom. The van der Waals surface area contributed by atoms with Crippen molar-refractivity contribution in [1.82, 2.24) is 4.98 Å². The van der Waals surface area contributed by atoms with E-state index in [1.807, 2.05) is 18.2 Å². The Morgan fingerprint density at radius 3 is 2.95 bits per heavy atom. The van der Waals surface area contributed by atoms with E-state index in [0.717, 1.165) is 26.8 Å². The van der Waals surface area contributed by atoms with E-state index in [1.165, 1.54) is 0 Å². The van der Waals surface area contributed by atoms with Crippen LogP contribution in [-0.4, -0.2) is 24.2 Å². The van der Waals surface area contributed by atoms with Gasteiger partial charge in [-0.3, -0.25) is 0 Å². The lowest BCUT2D eigenvalue weighted by molar-refractivity contribution is -0.0794. The zero-order valence-corrected chi connectivity index (χ0v) is 12.8. The molecule has 1 aromatic carbocycles. The monoisotopic (exact) mass is 296 g/mol. The van der Waals surface area contributed by atoms with Gasteiger partial charge in [-0.15, -0.1) is 0 Å². The summed E-state index contributed by atoms with van der Waals surface area (Å²) < 4.78 is 6.59. The van der Waals surface area contributed by atoms with Crippen LogP contribution in [0.15, 0.2) is 18.2 Å². The summed E-state index contributed by atoms with van der Waals surface area (Å²) in [5.74, 6) is 0. The van der Waals surface area contributed by atoms with Gasteiger partial charge in [0.1, 0.15) is 0 Å². The highest BCUT2D eigenvalue weighted by atomic mass is 35.5. The fourth-order valence-electron chi connectivity index (χ4n) is 2.64. The largest absolute Gasteiger partial charge is 0.381 e. The van der Waals surface area contributed by atoms with Gasteiger partial charge in [-0.1, -0.05) is 36.8 Å². The molecule has 19 heavy (non-hydrogen) atoms. The second-order valence-corrected chi connectivity index (χ2v) is 7.08. The first-order valence-electron chi connectivity index (χ1n) is 6.36. The highest BCUT2D eigenvalue weighted by molar-refractivity contribution is 7.22. The maximum absolute atomic E-state index is 6.00. The van der Waals surface area contributed by atoms with E-state index < -0.39 is 0 Å². The summed E-state index contributed by atoms with van der Waals surface area (Å²) in [6.45, 7) is 4.46. The molecular weight excluding hydrogens is 280 g/mol. The molecule has 5 heteroatoms. The third-order valence-electron chi connectivity index (χ3n) is 4.11. The van der Waals surface area contributed by atoms with Gasteiger partial charge in [-0.2, -0.15) is 0 Å². The van der Waals surface area contributed by atoms with Crippen LogP contribution in [-0.2, 0) is 4.74 Å². The first-order valence-corrected chi connectivity index (χ1v) is 7.55. The fourth-order valence-corrected chi connectivity index (χ4v) is 3.83. The third-order valence-corrected chi connectivity index (χ3v) is 5.29. The number of hydrogen-bond acceptors (Lipinski definition) is 4. The van der Waals surface area contributed by atoms with Crippen molar-refractivity contribution in [3.8, 4) is 0 Å². The Balaban J connectivity index is 1.79. The molecule has 0 amide bonds. The Morgan fingerprint density at radius 1 is 1.47 bits per heavy atom. The van der Waals surface area contributed by atoms with Crippen LogP contribution in [0.2, 0.25) is 5.02 Å². The van der Waals surface area contributed by atoms with Gasteiger partial charge in [-0.05, 0) is 24.6 Å². The molecule has 0 bridgehead atoms. The number of thiazole rings is 1. The van der Waals surface area contributed by atoms with Crippen molar-refractivity contribution >= 4 is 38.3 Å². The van der Waals surface area contributed by atoms with Crippen LogP contribution in [0.4, 0.5) is 5.13 Å². The molecule has 3 nitrogen and oxygen atoms in total. The summed E-state index contributed by atoms with van der Waals surface area (Å²) in [5, 5.41) is 5.24. The second kappa shape index (κ2) is 4.62. The number of halogens is 1. The molecule has 1 aromatic heterocycles. The molecule has 0 radical (unpaired) electrons. The molecule has 1 N–H and O–H groups in total. The normalized spacial score (nSPS) is 25.3. The zero-order valence-electron chi connectivity index (χ0n) is 11.2. The quantitative estimate of drug-likeness (QED) is 0.923. The SMILES string of the molecule is COC1CC(Nc2nc3ccc(Cl)cc3s2)C1(C)C. The van der Waals surface area contributed by atoms with Gasteiger partial charge in [0.25, 0.3) is 0 Å². The molecule has 2 atom stereocenters. The molecule has 0 spiro atoms. The van der Waals surface area contributed by atoms with Gasteiger partial charge in [0.15, 0.2) is 5.13 Å². The summed E-state index contributed by atoms with van der Waals surface area (Å²) in [7, 11) is 1.78. The smallest absolute Gasteiger partial charge is 0.184 e. The van der Waals surface area contributed by atoms with Gasteiger partial charge >= 0.3 is 0 Å². The number of rotatable bonds is 3. The highest BCUT2D eigenvalue weighted by Gasteiger charge is 2.48. The molecule has 0 saturated heterocycles. The Labute approximate surface area is 121 Å². The van der Waals surface area contributed by atoms with Crippen LogP contribution in [0.25, 0.3) is 10.2 Å². The summed E-state index contributed by atoms with van der Waals surface area (Å²) in [5.41, 5.74) is 1.14. The Hall–Kier alpha value is -0.840. The number of benzene rings is 1.